The molecular weight excluding hydrogens is 356 g/mol. The second-order valence-corrected chi connectivity index (χ2v) is 7.86. The van der Waals surface area contributed by atoms with Crippen LogP contribution in [0.2, 0.25) is 0 Å². The lowest BCUT2D eigenvalue weighted by atomic mass is 10.1. The van der Waals surface area contributed by atoms with Gasteiger partial charge in [-0.25, -0.2) is 8.42 Å². The summed E-state index contributed by atoms with van der Waals surface area (Å²) in [5, 5.41) is 2.75. The molecule has 0 saturated heterocycles. The molecule has 3 rings (SSSR count). The highest BCUT2D eigenvalue weighted by atomic mass is 32.2. The van der Waals surface area contributed by atoms with Gasteiger partial charge in [0, 0.05) is 12.1 Å². The topological polar surface area (TPSA) is 93.7 Å². The molecule has 0 saturated carbocycles. The van der Waals surface area contributed by atoms with Crippen LogP contribution in [0.5, 0.6) is 11.5 Å². The van der Waals surface area contributed by atoms with Crippen LogP contribution in [0.25, 0.3) is 0 Å². The first kappa shape index (κ1) is 18.2. The Balaban J connectivity index is 1.91. The number of nitrogens with one attached hydrogen (secondary N) is 2. The minimum absolute atomic E-state index is 0.0000260. The number of carbonyl (C=O) groups excluding carboxylic acids is 1. The molecule has 0 fully saturated rings. The van der Waals surface area contributed by atoms with Crippen molar-refractivity contribution in [2.45, 2.75) is 30.8 Å². The summed E-state index contributed by atoms with van der Waals surface area (Å²) >= 11 is 0. The van der Waals surface area contributed by atoms with Crippen molar-refractivity contribution < 1.29 is 22.7 Å². The normalized spacial score (nSPS) is 14.3. The van der Waals surface area contributed by atoms with Crippen molar-refractivity contribution in [3.63, 3.8) is 0 Å². The third-order valence-corrected chi connectivity index (χ3v) is 5.17. The zero-order valence-electron chi connectivity index (χ0n) is 14.4. The summed E-state index contributed by atoms with van der Waals surface area (Å²) in [6.45, 7) is 3.67. The fraction of sp³-hybridized carbons (Fsp3) is 0.278. The Morgan fingerprint density at radius 1 is 1.04 bits per heavy atom. The maximum absolute atomic E-state index is 12.8. The number of rotatable bonds is 6. The highest BCUT2D eigenvalue weighted by Gasteiger charge is 2.28. The molecule has 8 heteroatoms. The quantitative estimate of drug-likeness (QED) is 0.804. The van der Waals surface area contributed by atoms with Gasteiger partial charge in [0.1, 0.15) is 6.04 Å². The Labute approximate surface area is 152 Å². The van der Waals surface area contributed by atoms with Crippen molar-refractivity contribution >= 4 is 15.9 Å². The van der Waals surface area contributed by atoms with Crippen LogP contribution in [0, 0.1) is 0 Å². The molecule has 1 aliphatic rings. The highest BCUT2D eigenvalue weighted by Crippen LogP contribution is 2.34. The summed E-state index contributed by atoms with van der Waals surface area (Å²) in [6, 6.07) is 11.9. The molecule has 1 amide bonds. The van der Waals surface area contributed by atoms with Gasteiger partial charge in [-0.1, -0.05) is 30.3 Å². The predicted molar refractivity (Wildman–Crippen MR) is 95.3 cm³/mol. The molecule has 1 aliphatic heterocycles. The number of hydrogen-bond donors (Lipinski definition) is 2. The van der Waals surface area contributed by atoms with E-state index in [-0.39, 0.29) is 17.7 Å². The molecule has 7 nitrogen and oxygen atoms in total. The van der Waals surface area contributed by atoms with Crippen molar-refractivity contribution in [2.75, 3.05) is 6.79 Å². The highest BCUT2D eigenvalue weighted by molar-refractivity contribution is 7.89. The lowest BCUT2D eigenvalue weighted by Crippen LogP contribution is -2.42. The van der Waals surface area contributed by atoms with Crippen molar-refractivity contribution in [3.8, 4) is 11.5 Å². The van der Waals surface area contributed by atoms with Gasteiger partial charge in [-0.3, -0.25) is 4.79 Å². The smallest absolute Gasteiger partial charge is 0.242 e. The van der Waals surface area contributed by atoms with Gasteiger partial charge in [-0.2, -0.15) is 4.72 Å². The van der Waals surface area contributed by atoms with Crippen LogP contribution in [-0.2, 0) is 14.8 Å². The number of sulfonamides is 1. The van der Waals surface area contributed by atoms with Gasteiger partial charge in [0.15, 0.2) is 11.5 Å². The van der Waals surface area contributed by atoms with Crippen molar-refractivity contribution in [3.05, 3.63) is 54.1 Å². The Morgan fingerprint density at radius 2 is 1.73 bits per heavy atom. The third-order valence-electron chi connectivity index (χ3n) is 3.75. The van der Waals surface area contributed by atoms with Crippen LogP contribution in [0.15, 0.2) is 53.4 Å². The van der Waals surface area contributed by atoms with Gasteiger partial charge in [0.05, 0.1) is 4.90 Å². The molecule has 2 N–H and O–H groups in total. The van der Waals surface area contributed by atoms with E-state index >= 15 is 0 Å². The van der Waals surface area contributed by atoms with E-state index in [1.807, 2.05) is 13.8 Å². The first-order valence-electron chi connectivity index (χ1n) is 8.14. The molecule has 26 heavy (non-hydrogen) atoms. The Kier molecular flexibility index (Phi) is 5.15. The molecule has 2 aromatic rings. The fourth-order valence-corrected chi connectivity index (χ4v) is 3.75. The minimum Gasteiger partial charge on any atom is -0.454 e. The standard InChI is InChI=1S/C18H20N2O5S/c1-12(2)19-18(21)17(13-6-4-3-5-7-13)20-26(22,23)14-8-9-15-16(10-14)25-11-24-15/h3-10,12,17,20H,11H2,1-2H3,(H,19,21)/t17-/m0/s1. The molecule has 138 valence electrons. The molecule has 0 aromatic heterocycles. The minimum atomic E-state index is -3.96. The van der Waals surface area contributed by atoms with Crippen LogP contribution >= 0.6 is 0 Å². The van der Waals surface area contributed by atoms with Crippen LogP contribution in [0.1, 0.15) is 25.5 Å². The zero-order chi connectivity index (χ0) is 18.7. The maximum Gasteiger partial charge on any atom is 0.242 e. The first-order valence-corrected chi connectivity index (χ1v) is 9.62. The summed E-state index contributed by atoms with van der Waals surface area (Å²) in [7, 11) is -3.96. The zero-order valence-corrected chi connectivity index (χ0v) is 15.2. The monoisotopic (exact) mass is 376 g/mol. The molecule has 0 bridgehead atoms. The van der Waals surface area contributed by atoms with E-state index in [1.165, 1.54) is 18.2 Å². The van der Waals surface area contributed by atoms with Gasteiger partial charge in [-0.05, 0) is 31.5 Å². The van der Waals surface area contributed by atoms with Crippen molar-refractivity contribution in [1.29, 1.82) is 0 Å². The molecule has 0 radical (unpaired) electrons. The van der Waals surface area contributed by atoms with Gasteiger partial charge in [-0.15, -0.1) is 0 Å². The summed E-state index contributed by atoms with van der Waals surface area (Å²) in [6.07, 6.45) is 0. The van der Waals surface area contributed by atoms with E-state index in [4.69, 9.17) is 9.47 Å². The van der Waals surface area contributed by atoms with Gasteiger partial charge in [0.25, 0.3) is 0 Å². The summed E-state index contributed by atoms with van der Waals surface area (Å²) in [5.74, 6) is 0.424. The molecule has 0 spiro atoms. The molecule has 2 aromatic carbocycles. The van der Waals surface area contributed by atoms with E-state index in [0.717, 1.165) is 0 Å². The Morgan fingerprint density at radius 3 is 2.42 bits per heavy atom. The fourth-order valence-electron chi connectivity index (χ4n) is 2.55. The summed E-state index contributed by atoms with van der Waals surface area (Å²) in [4.78, 5) is 12.6. The van der Waals surface area contributed by atoms with Gasteiger partial charge < -0.3 is 14.8 Å². The number of carbonyl (C=O) groups is 1. The van der Waals surface area contributed by atoms with E-state index in [9.17, 15) is 13.2 Å². The first-order chi connectivity index (χ1) is 12.4. The number of fused-ring (bicyclic) bond motifs is 1. The van der Waals surface area contributed by atoms with E-state index in [2.05, 4.69) is 10.0 Å². The maximum atomic E-state index is 12.8. The van der Waals surface area contributed by atoms with Gasteiger partial charge in [0.2, 0.25) is 22.7 Å². The summed E-state index contributed by atoms with van der Waals surface area (Å²) < 4.78 is 38.6. The van der Waals surface area contributed by atoms with Crippen LogP contribution < -0.4 is 19.5 Å². The number of ether oxygens (including phenoxy) is 2. The second kappa shape index (κ2) is 7.35. The van der Waals surface area contributed by atoms with Gasteiger partial charge >= 0.3 is 0 Å². The second-order valence-electron chi connectivity index (χ2n) is 6.14. The molecule has 0 aliphatic carbocycles. The molecule has 1 atom stereocenters. The largest absolute Gasteiger partial charge is 0.454 e. The van der Waals surface area contributed by atoms with E-state index in [1.54, 1.807) is 30.3 Å². The average Bonchev–Trinajstić information content (AvgIpc) is 3.07. The third kappa shape index (κ3) is 3.97. The molecular formula is C18H20N2O5S. The van der Waals surface area contributed by atoms with Crippen LogP contribution in [0.3, 0.4) is 0 Å². The predicted octanol–water partition coefficient (Wildman–Crippen LogP) is 1.96. The van der Waals surface area contributed by atoms with Crippen LogP contribution in [0.4, 0.5) is 0 Å². The lowest BCUT2D eigenvalue weighted by Gasteiger charge is -2.20. The SMILES string of the molecule is CC(C)NC(=O)[C@@H](NS(=O)(=O)c1ccc2c(c1)OCO2)c1ccccc1. The van der Waals surface area contributed by atoms with Crippen molar-refractivity contribution in [2.24, 2.45) is 0 Å². The Hall–Kier alpha value is -2.58. The van der Waals surface area contributed by atoms with Crippen molar-refractivity contribution in [1.82, 2.24) is 10.0 Å². The summed E-state index contributed by atoms with van der Waals surface area (Å²) in [5.41, 5.74) is 0.551. The van der Waals surface area contributed by atoms with Crippen LogP contribution in [-0.4, -0.2) is 27.2 Å². The average molecular weight is 376 g/mol. The number of hydrogen-bond acceptors (Lipinski definition) is 5. The lowest BCUT2D eigenvalue weighted by molar-refractivity contribution is -0.123. The number of amides is 1. The Bertz CT molecular complexity index is 897. The van der Waals surface area contributed by atoms with E-state index in [0.29, 0.717) is 17.1 Å². The molecule has 0 unspecified atom stereocenters. The molecule has 1 heterocycles. The number of benzene rings is 2. The van der Waals surface area contributed by atoms with E-state index < -0.39 is 22.0 Å².